The van der Waals surface area contributed by atoms with E-state index in [1.165, 1.54) is 5.56 Å². The second kappa shape index (κ2) is 3.94. The first-order valence-corrected chi connectivity index (χ1v) is 5.65. The molecule has 1 aliphatic rings. The predicted octanol–water partition coefficient (Wildman–Crippen LogP) is 1.89. The van der Waals surface area contributed by atoms with Gasteiger partial charge in [-0.25, -0.2) is 0 Å². The van der Waals surface area contributed by atoms with E-state index in [-0.39, 0.29) is 5.92 Å². The Morgan fingerprint density at radius 1 is 1.60 bits per heavy atom. The number of aryl methyl sites for hydroxylation is 1. The molecule has 0 radical (unpaired) electrons. The van der Waals surface area contributed by atoms with Crippen LogP contribution >= 0.6 is 15.9 Å². The molecule has 3 N–H and O–H groups in total. The zero-order chi connectivity index (χ0) is 11.0. The first-order valence-electron chi connectivity index (χ1n) is 4.86. The Hall–Kier alpha value is -0.870. The zero-order valence-electron chi connectivity index (χ0n) is 8.11. The van der Waals surface area contributed by atoms with Crippen LogP contribution in [0.3, 0.4) is 0 Å². The second-order valence-electron chi connectivity index (χ2n) is 3.85. The van der Waals surface area contributed by atoms with Gasteiger partial charge in [0.1, 0.15) is 6.04 Å². The van der Waals surface area contributed by atoms with E-state index < -0.39 is 12.0 Å². The Bertz CT molecular complexity index is 406. The average Bonchev–Trinajstić information content (AvgIpc) is 2.59. The number of hydrogen-bond donors (Lipinski definition) is 2. The lowest BCUT2D eigenvalue weighted by molar-refractivity contribution is -0.139. The zero-order valence-corrected chi connectivity index (χ0v) is 9.70. The van der Waals surface area contributed by atoms with Gasteiger partial charge in [0.25, 0.3) is 0 Å². The molecule has 0 spiro atoms. The average molecular weight is 270 g/mol. The normalized spacial score (nSPS) is 21.1. The van der Waals surface area contributed by atoms with Crippen molar-refractivity contribution in [1.82, 2.24) is 0 Å². The van der Waals surface area contributed by atoms with Gasteiger partial charge < -0.3 is 10.8 Å². The van der Waals surface area contributed by atoms with Crippen LogP contribution in [0.5, 0.6) is 0 Å². The summed E-state index contributed by atoms with van der Waals surface area (Å²) in [4.78, 5) is 10.8. The molecular formula is C11H12BrNO2. The Kier molecular flexibility index (Phi) is 2.80. The van der Waals surface area contributed by atoms with Gasteiger partial charge in [0.2, 0.25) is 0 Å². The third kappa shape index (κ3) is 1.92. The van der Waals surface area contributed by atoms with Crippen molar-refractivity contribution in [2.45, 2.75) is 24.8 Å². The van der Waals surface area contributed by atoms with Gasteiger partial charge in [-0.15, -0.1) is 0 Å². The molecule has 4 heteroatoms. The van der Waals surface area contributed by atoms with Gasteiger partial charge in [0, 0.05) is 10.4 Å². The van der Waals surface area contributed by atoms with Gasteiger partial charge in [0.15, 0.2) is 0 Å². The van der Waals surface area contributed by atoms with Crippen molar-refractivity contribution in [3.63, 3.8) is 0 Å². The summed E-state index contributed by atoms with van der Waals surface area (Å²) in [6.45, 7) is 0. The fraction of sp³-hybridized carbons (Fsp3) is 0.364. The van der Waals surface area contributed by atoms with E-state index in [9.17, 15) is 4.79 Å². The molecule has 0 saturated heterocycles. The van der Waals surface area contributed by atoms with E-state index >= 15 is 0 Å². The molecule has 0 bridgehead atoms. The fourth-order valence-corrected chi connectivity index (χ4v) is 2.57. The number of carboxylic acids is 1. The first kappa shape index (κ1) is 10.6. The van der Waals surface area contributed by atoms with Crippen molar-refractivity contribution in [2.24, 2.45) is 5.73 Å². The van der Waals surface area contributed by atoms with Crippen LogP contribution in [0.25, 0.3) is 0 Å². The molecular weight excluding hydrogens is 258 g/mol. The van der Waals surface area contributed by atoms with E-state index in [1.807, 2.05) is 18.2 Å². The Labute approximate surface area is 96.4 Å². The van der Waals surface area contributed by atoms with Gasteiger partial charge in [-0.2, -0.15) is 0 Å². The smallest absolute Gasteiger partial charge is 0.321 e. The molecule has 1 aromatic carbocycles. The highest BCUT2D eigenvalue weighted by Crippen LogP contribution is 2.36. The lowest BCUT2D eigenvalue weighted by Crippen LogP contribution is -2.35. The molecule has 0 amide bonds. The van der Waals surface area contributed by atoms with Crippen molar-refractivity contribution >= 4 is 21.9 Å². The number of halogens is 1. The fourth-order valence-electron chi connectivity index (χ4n) is 2.16. The Balaban J connectivity index is 2.32. The molecule has 0 aromatic heterocycles. The molecule has 2 atom stereocenters. The molecule has 2 unspecified atom stereocenters. The monoisotopic (exact) mass is 269 g/mol. The van der Waals surface area contributed by atoms with Gasteiger partial charge >= 0.3 is 5.97 Å². The van der Waals surface area contributed by atoms with E-state index in [1.54, 1.807) is 0 Å². The molecule has 1 aliphatic carbocycles. The predicted molar refractivity (Wildman–Crippen MR) is 60.8 cm³/mol. The number of hydrogen-bond acceptors (Lipinski definition) is 2. The van der Waals surface area contributed by atoms with Crippen LogP contribution in [0.4, 0.5) is 0 Å². The number of nitrogens with two attached hydrogens (primary N) is 1. The minimum atomic E-state index is -0.921. The van der Waals surface area contributed by atoms with Gasteiger partial charge in [-0.3, -0.25) is 4.79 Å². The van der Waals surface area contributed by atoms with Crippen LogP contribution in [-0.4, -0.2) is 17.1 Å². The number of carboxylic acid groups (broad SMARTS) is 1. The largest absolute Gasteiger partial charge is 0.480 e. The van der Waals surface area contributed by atoms with Crippen LogP contribution in [0.15, 0.2) is 22.7 Å². The van der Waals surface area contributed by atoms with Crippen LogP contribution in [0.1, 0.15) is 23.5 Å². The minimum absolute atomic E-state index is 0.0365. The quantitative estimate of drug-likeness (QED) is 0.862. The molecule has 0 aliphatic heterocycles. The van der Waals surface area contributed by atoms with Crippen molar-refractivity contribution in [1.29, 1.82) is 0 Å². The molecule has 1 aromatic rings. The third-order valence-electron chi connectivity index (χ3n) is 2.95. The molecule has 0 fully saturated rings. The SMILES string of the molecule is NC(C(=O)O)C1CCc2cc(Br)ccc21. The highest BCUT2D eigenvalue weighted by Gasteiger charge is 2.31. The number of benzene rings is 1. The van der Waals surface area contributed by atoms with Crippen LogP contribution in [-0.2, 0) is 11.2 Å². The summed E-state index contributed by atoms with van der Waals surface area (Å²) in [6.07, 6.45) is 1.75. The summed E-state index contributed by atoms with van der Waals surface area (Å²) in [5.74, 6) is -0.957. The molecule has 80 valence electrons. The maximum atomic E-state index is 10.8. The van der Waals surface area contributed by atoms with Gasteiger partial charge in [-0.05, 0) is 36.1 Å². The molecule has 0 heterocycles. The lowest BCUT2D eigenvalue weighted by atomic mass is 9.94. The van der Waals surface area contributed by atoms with Gasteiger partial charge in [-0.1, -0.05) is 22.0 Å². The van der Waals surface area contributed by atoms with E-state index in [4.69, 9.17) is 10.8 Å². The summed E-state index contributed by atoms with van der Waals surface area (Å²) >= 11 is 3.40. The van der Waals surface area contributed by atoms with Crippen molar-refractivity contribution in [3.8, 4) is 0 Å². The number of rotatable bonds is 2. The summed E-state index contributed by atoms with van der Waals surface area (Å²) in [5, 5.41) is 8.89. The lowest BCUT2D eigenvalue weighted by Gasteiger charge is -2.15. The minimum Gasteiger partial charge on any atom is -0.480 e. The number of aliphatic carboxylic acids is 1. The van der Waals surface area contributed by atoms with Crippen LogP contribution in [0.2, 0.25) is 0 Å². The van der Waals surface area contributed by atoms with Crippen molar-refractivity contribution < 1.29 is 9.90 Å². The Morgan fingerprint density at radius 3 is 3.00 bits per heavy atom. The van der Waals surface area contributed by atoms with Gasteiger partial charge in [0.05, 0.1) is 0 Å². The summed E-state index contributed by atoms with van der Waals surface area (Å²) in [5.41, 5.74) is 7.97. The topological polar surface area (TPSA) is 63.3 Å². The maximum absolute atomic E-state index is 10.8. The molecule has 2 rings (SSSR count). The highest BCUT2D eigenvalue weighted by molar-refractivity contribution is 9.10. The standard InChI is InChI=1S/C11H12BrNO2/c12-7-2-4-8-6(5-7)1-3-9(8)10(13)11(14)15/h2,4-5,9-10H,1,3,13H2,(H,14,15). The Morgan fingerprint density at radius 2 is 2.33 bits per heavy atom. The molecule has 3 nitrogen and oxygen atoms in total. The van der Waals surface area contributed by atoms with Crippen LogP contribution in [0, 0.1) is 0 Å². The first-order chi connectivity index (χ1) is 7.09. The van der Waals surface area contributed by atoms with E-state index in [0.29, 0.717) is 0 Å². The maximum Gasteiger partial charge on any atom is 0.321 e. The molecule has 0 saturated carbocycles. The van der Waals surface area contributed by atoms with E-state index in [0.717, 1.165) is 22.9 Å². The van der Waals surface area contributed by atoms with Crippen molar-refractivity contribution in [2.75, 3.05) is 0 Å². The third-order valence-corrected chi connectivity index (χ3v) is 3.44. The number of fused-ring (bicyclic) bond motifs is 1. The summed E-state index contributed by atoms with van der Waals surface area (Å²) in [6, 6.07) is 5.17. The summed E-state index contributed by atoms with van der Waals surface area (Å²) in [7, 11) is 0. The van der Waals surface area contributed by atoms with E-state index in [2.05, 4.69) is 15.9 Å². The van der Waals surface area contributed by atoms with Crippen molar-refractivity contribution in [3.05, 3.63) is 33.8 Å². The highest BCUT2D eigenvalue weighted by atomic mass is 79.9. The second-order valence-corrected chi connectivity index (χ2v) is 4.77. The summed E-state index contributed by atoms with van der Waals surface area (Å²) < 4.78 is 1.03. The number of carbonyl (C=O) groups is 1. The molecule has 15 heavy (non-hydrogen) atoms. The van der Waals surface area contributed by atoms with Crippen LogP contribution < -0.4 is 5.73 Å².